The quantitative estimate of drug-likeness (QED) is 0.288. The number of nitrogens with zero attached hydrogens (tertiary/aromatic N) is 1. The molecule has 1 aliphatic carbocycles. The van der Waals surface area contributed by atoms with E-state index in [4.69, 9.17) is 0 Å². The molecule has 1 saturated carbocycles. The molecule has 1 nitrogen and oxygen atoms in total. The second kappa shape index (κ2) is 10.2. The Kier molecular flexibility index (Phi) is 7.99. The molecule has 1 aromatic rings. The molecule has 1 atom stereocenters. The van der Waals surface area contributed by atoms with Crippen LogP contribution in [-0.2, 0) is 0 Å². The summed E-state index contributed by atoms with van der Waals surface area (Å²) in [4.78, 5) is 4.40. The maximum absolute atomic E-state index is 4.40. The lowest BCUT2D eigenvalue weighted by molar-refractivity contribution is 0.487. The van der Waals surface area contributed by atoms with E-state index in [0.29, 0.717) is 5.92 Å². The Balaban J connectivity index is 1.75. The van der Waals surface area contributed by atoms with Crippen LogP contribution in [0.1, 0.15) is 76.3 Å². The number of aliphatic imine (C=N–C) groups is 1. The first-order valence-electron chi connectivity index (χ1n) is 9.83. The standard InChI is InChI=1S/C24H33N/c1-5-25-24-18-23(15-14-21(24)4)13-7-6-10-19(2)16-20(3)17-22-11-8-9-12-22/h5,14-15,18-19,22H,3,6,8-12,16-17H2,1-2,4H3. The van der Waals surface area contributed by atoms with Crippen molar-refractivity contribution < 1.29 is 0 Å². The molecule has 0 aromatic heterocycles. The van der Waals surface area contributed by atoms with E-state index in [1.165, 1.54) is 43.2 Å². The second-order valence-electron chi connectivity index (χ2n) is 7.64. The van der Waals surface area contributed by atoms with Crippen molar-refractivity contribution in [1.29, 1.82) is 0 Å². The van der Waals surface area contributed by atoms with Gasteiger partial charge in [0.25, 0.3) is 0 Å². The highest BCUT2D eigenvalue weighted by Gasteiger charge is 2.16. The highest BCUT2D eigenvalue weighted by molar-refractivity contribution is 5.63. The van der Waals surface area contributed by atoms with Gasteiger partial charge in [0.1, 0.15) is 0 Å². The van der Waals surface area contributed by atoms with Gasteiger partial charge in [0.15, 0.2) is 0 Å². The molecule has 25 heavy (non-hydrogen) atoms. The molecule has 0 saturated heterocycles. The Bertz CT molecular complexity index is 650. The topological polar surface area (TPSA) is 12.4 Å². The van der Waals surface area contributed by atoms with Gasteiger partial charge in [0.05, 0.1) is 5.69 Å². The first-order valence-corrected chi connectivity index (χ1v) is 9.83. The van der Waals surface area contributed by atoms with Crippen molar-refractivity contribution in [2.75, 3.05) is 0 Å². The van der Waals surface area contributed by atoms with Gasteiger partial charge in [-0.05, 0) is 62.6 Å². The van der Waals surface area contributed by atoms with Crippen molar-refractivity contribution in [3.8, 4) is 11.8 Å². The molecular weight excluding hydrogens is 302 g/mol. The summed E-state index contributed by atoms with van der Waals surface area (Å²) in [5, 5.41) is 0. The zero-order valence-electron chi connectivity index (χ0n) is 16.3. The van der Waals surface area contributed by atoms with Crippen molar-refractivity contribution in [3.63, 3.8) is 0 Å². The molecule has 134 valence electrons. The Morgan fingerprint density at radius 1 is 1.36 bits per heavy atom. The maximum atomic E-state index is 4.40. The fourth-order valence-electron chi connectivity index (χ4n) is 3.75. The third kappa shape index (κ3) is 6.91. The Morgan fingerprint density at radius 2 is 2.12 bits per heavy atom. The van der Waals surface area contributed by atoms with Gasteiger partial charge in [0, 0.05) is 18.2 Å². The van der Waals surface area contributed by atoms with E-state index in [9.17, 15) is 0 Å². The normalized spacial score (nSPS) is 16.0. The summed E-state index contributed by atoms with van der Waals surface area (Å²) in [5.41, 5.74) is 4.72. The Hall–Kier alpha value is -1.81. The minimum absolute atomic E-state index is 0.682. The van der Waals surface area contributed by atoms with E-state index < -0.39 is 0 Å². The molecule has 0 amide bonds. The zero-order valence-corrected chi connectivity index (χ0v) is 16.3. The fraction of sp³-hybridized carbons (Fsp3) is 0.542. The molecule has 0 aliphatic heterocycles. The second-order valence-corrected chi connectivity index (χ2v) is 7.64. The molecule has 1 aromatic carbocycles. The average Bonchev–Trinajstić information content (AvgIpc) is 3.07. The molecule has 0 heterocycles. The smallest absolute Gasteiger partial charge is 0.0667 e. The summed E-state index contributed by atoms with van der Waals surface area (Å²) in [6, 6.07) is 6.26. The number of aryl methyl sites for hydroxylation is 1. The summed E-state index contributed by atoms with van der Waals surface area (Å²) < 4.78 is 0. The minimum Gasteiger partial charge on any atom is -0.261 e. The molecule has 0 N–H and O–H groups in total. The van der Waals surface area contributed by atoms with Gasteiger partial charge < -0.3 is 0 Å². The molecule has 2 rings (SSSR count). The third-order valence-corrected chi connectivity index (χ3v) is 5.16. The Morgan fingerprint density at radius 3 is 2.84 bits per heavy atom. The van der Waals surface area contributed by atoms with E-state index in [2.05, 4.69) is 55.5 Å². The molecule has 0 spiro atoms. The van der Waals surface area contributed by atoms with Crippen LogP contribution < -0.4 is 0 Å². The van der Waals surface area contributed by atoms with Crippen LogP contribution in [0.2, 0.25) is 0 Å². The van der Waals surface area contributed by atoms with Crippen LogP contribution in [0.3, 0.4) is 0 Å². The van der Waals surface area contributed by atoms with Crippen LogP contribution in [0.15, 0.2) is 35.3 Å². The van der Waals surface area contributed by atoms with Gasteiger partial charge in [-0.2, -0.15) is 0 Å². The largest absolute Gasteiger partial charge is 0.261 e. The van der Waals surface area contributed by atoms with Gasteiger partial charge in [-0.15, -0.1) is 0 Å². The molecule has 1 unspecified atom stereocenters. The van der Waals surface area contributed by atoms with E-state index in [-0.39, 0.29) is 0 Å². The number of hydrogen-bond acceptors (Lipinski definition) is 1. The number of rotatable bonds is 7. The van der Waals surface area contributed by atoms with Crippen molar-refractivity contribution in [1.82, 2.24) is 0 Å². The van der Waals surface area contributed by atoms with Gasteiger partial charge in [-0.3, -0.25) is 4.99 Å². The predicted molar refractivity (Wildman–Crippen MR) is 111 cm³/mol. The van der Waals surface area contributed by atoms with Gasteiger partial charge >= 0.3 is 0 Å². The van der Waals surface area contributed by atoms with Crippen molar-refractivity contribution in [2.45, 2.75) is 72.1 Å². The van der Waals surface area contributed by atoms with E-state index in [1.54, 1.807) is 0 Å². The number of benzene rings is 1. The van der Waals surface area contributed by atoms with Gasteiger partial charge in [0.2, 0.25) is 0 Å². The first kappa shape index (κ1) is 19.5. The summed E-state index contributed by atoms with van der Waals surface area (Å²) in [7, 11) is 0. The monoisotopic (exact) mass is 335 g/mol. The van der Waals surface area contributed by atoms with Crippen LogP contribution in [-0.4, -0.2) is 6.21 Å². The molecule has 0 bridgehead atoms. The summed E-state index contributed by atoms with van der Waals surface area (Å²) in [5.74, 6) is 8.23. The summed E-state index contributed by atoms with van der Waals surface area (Å²) in [6.45, 7) is 10.7. The van der Waals surface area contributed by atoms with Crippen molar-refractivity contribution >= 4 is 11.9 Å². The van der Waals surface area contributed by atoms with Crippen LogP contribution in [0.4, 0.5) is 5.69 Å². The lowest BCUT2D eigenvalue weighted by Gasteiger charge is -2.15. The predicted octanol–water partition coefficient (Wildman–Crippen LogP) is 7.01. The lowest BCUT2D eigenvalue weighted by atomic mass is 9.91. The maximum Gasteiger partial charge on any atom is 0.0667 e. The molecule has 1 heteroatoms. The number of hydrogen-bond donors (Lipinski definition) is 0. The SMILES string of the molecule is C=C(CC(C)CCC#Cc1ccc(C)c(N=CC)c1)CC1CCCC1. The van der Waals surface area contributed by atoms with Crippen LogP contribution in [0.25, 0.3) is 0 Å². The molecular formula is C24H33N. The summed E-state index contributed by atoms with van der Waals surface area (Å²) >= 11 is 0. The van der Waals surface area contributed by atoms with E-state index >= 15 is 0 Å². The van der Waals surface area contributed by atoms with Gasteiger partial charge in [-0.25, -0.2) is 0 Å². The van der Waals surface area contributed by atoms with E-state index in [1.807, 2.05) is 13.1 Å². The van der Waals surface area contributed by atoms with Crippen LogP contribution in [0, 0.1) is 30.6 Å². The van der Waals surface area contributed by atoms with Crippen molar-refractivity contribution in [3.05, 3.63) is 41.5 Å². The van der Waals surface area contributed by atoms with Crippen molar-refractivity contribution in [2.24, 2.45) is 16.8 Å². The first-order chi connectivity index (χ1) is 12.1. The lowest BCUT2D eigenvalue weighted by Crippen LogP contribution is -2.00. The summed E-state index contributed by atoms with van der Waals surface area (Å²) in [6.07, 6.45) is 12.0. The average molecular weight is 336 g/mol. The molecule has 1 fully saturated rings. The highest BCUT2D eigenvalue weighted by atomic mass is 14.7. The molecule has 1 aliphatic rings. The minimum atomic E-state index is 0.682. The highest BCUT2D eigenvalue weighted by Crippen LogP contribution is 2.31. The van der Waals surface area contributed by atoms with Crippen LogP contribution >= 0.6 is 0 Å². The zero-order chi connectivity index (χ0) is 18.1. The van der Waals surface area contributed by atoms with Crippen LogP contribution in [0.5, 0.6) is 0 Å². The molecule has 0 radical (unpaired) electrons. The number of allylic oxidation sites excluding steroid dienone is 1. The van der Waals surface area contributed by atoms with Gasteiger partial charge in [-0.1, -0.05) is 62.7 Å². The third-order valence-electron chi connectivity index (χ3n) is 5.16. The Labute approximate surface area is 154 Å². The van der Waals surface area contributed by atoms with E-state index in [0.717, 1.165) is 36.4 Å². The fourth-order valence-corrected chi connectivity index (χ4v) is 3.75.